The van der Waals surface area contributed by atoms with Gasteiger partial charge >= 0.3 is 6.09 Å². The van der Waals surface area contributed by atoms with Crippen LogP contribution in [0.25, 0.3) is 0 Å². The number of amides is 1. The van der Waals surface area contributed by atoms with Gasteiger partial charge in [0.05, 0.1) is 0 Å². The molecule has 0 spiro atoms. The van der Waals surface area contributed by atoms with E-state index in [1.165, 1.54) is 4.90 Å². The molecule has 0 rings (SSSR count). The average Bonchev–Trinajstić information content (AvgIpc) is 2.27. The molecule has 0 heterocycles. The first kappa shape index (κ1) is 18.2. The second kappa shape index (κ2) is 9.13. The largest absolute Gasteiger partial charge is 0.443 e. The second-order valence-electron chi connectivity index (χ2n) is 5.57. The summed E-state index contributed by atoms with van der Waals surface area (Å²) >= 11 is 5.28. The molecule has 0 saturated carbocycles. The lowest BCUT2D eigenvalue weighted by molar-refractivity contribution is 0.0367. The number of carbonyl (C=O) groups excluding carboxylic acids is 1. The van der Waals surface area contributed by atoms with E-state index in [-0.39, 0.29) is 6.09 Å². The minimum atomic E-state index is -0.499. The van der Waals surface area contributed by atoms with Gasteiger partial charge in [0.15, 0.2) is 5.11 Å². The van der Waals surface area contributed by atoms with Gasteiger partial charge in [0, 0.05) is 13.1 Å². The Kier molecular flexibility index (Phi) is 8.72. The van der Waals surface area contributed by atoms with Crippen LogP contribution >= 0.6 is 12.2 Å². The molecule has 0 atom stereocenters. The van der Waals surface area contributed by atoms with Gasteiger partial charge in [-0.3, -0.25) is 4.90 Å². The predicted molar refractivity (Wildman–Crippen MR) is 83.4 cm³/mol. The van der Waals surface area contributed by atoms with E-state index in [9.17, 15) is 4.79 Å². The highest BCUT2D eigenvalue weighted by atomic mass is 32.1. The topological polar surface area (TPSA) is 41.6 Å². The maximum atomic E-state index is 12.1. The van der Waals surface area contributed by atoms with Gasteiger partial charge in [-0.2, -0.15) is 0 Å². The molecule has 0 radical (unpaired) electrons. The number of hydrogen-bond acceptors (Lipinski definition) is 3. The van der Waals surface area contributed by atoms with E-state index in [2.05, 4.69) is 19.2 Å². The Morgan fingerprint density at radius 1 is 1.21 bits per heavy atom. The molecule has 0 fully saturated rings. The highest BCUT2D eigenvalue weighted by Crippen LogP contribution is 2.11. The number of unbranched alkanes of at least 4 members (excludes halogenated alkanes) is 2. The van der Waals surface area contributed by atoms with Crippen LogP contribution in [0.15, 0.2) is 0 Å². The monoisotopic (exact) mass is 288 g/mol. The van der Waals surface area contributed by atoms with E-state index in [1.54, 1.807) is 0 Å². The molecular weight excluding hydrogens is 260 g/mol. The molecule has 0 aromatic heterocycles. The van der Waals surface area contributed by atoms with Crippen molar-refractivity contribution in [3.05, 3.63) is 0 Å². The first-order valence-electron chi connectivity index (χ1n) is 7.10. The first-order chi connectivity index (χ1) is 8.81. The first-order valence-corrected chi connectivity index (χ1v) is 7.51. The van der Waals surface area contributed by atoms with Crippen LogP contribution in [0.3, 0.4) is 0 Å². The summed E-state index contributed by atoms with van der Waals surface area (Å²) in [6.07, 6.45) is 3.69. The van der Waals surface area contributed by atoms with Crippen molar-refractivity contribution in [1.82, 2.24) is 10.2 Å². The zero-order valence-corrected chi connectivity index (χ0v) is 13.7. The number of nitrogens with one attached hydrogen (secondary N) is 1. The van der Waals surface area contributed by atoms with Crippen molar-refractivity contribution in [3.8, 4) is 0 Å². The van der Waals surface area contributed by atoms with Crippen LogP contribution < -0.4 is 5.32 Å². The summed E-state index contributed by atoms with van der Waals surface area (Å²) in [5.74, 6) is 0. The van der Waals surface area contributed by atoms with Crippen LogP contribution in [-0.4, -0.2) is 34.8 Å². The van der Waals surface area contributed by atoms with E-state index in [4.69, 9.17) is 17.0 Å². The van der Waals surface area contributed by atoms with Crippen molar-refractivity contribution in [2.75, 3.05) is 13.1 Å². The lowest BCUT2D eigenvalue weighted by atomic mass is 10.2. The van der Waals surface area contributed by atoms with Gasteiger partial charge in [-0.15, -0.1) is 0 Å². The SMILES string of the molecule is CCCCNC(=S)N(CCCC)C(=O)OC(C)(C)C. The third-order valence-electron chi connectivity index (χ3n) is 2.40. The van der Waals surface area contributed by atoms with E-state index < -0.39 is 5.60 Å². The van der Waals surface area contributed by atoms with Crippen LogP contribution in [0.4, 0.5) is 4.79 Å². The molecule has 0 aliphatic carbocycles. The van der Waals surface area contributed by atoms with Gasteiger partial charge in [0.1, 0.15) is 5.60 Å². The Morgan fingerprint density at radius 2 is 1.79 bits per heavy atom. The molecule has 1 amide bonds. The summed E-state index contributed by atoms with van der Waals surface area (Å²) in [5.41, 5.74) is -0.499. The van der Waals surface area contributed by atoms with Crippen LogP contribution in [-0.2, 0) is 4.74 Å². The molecule has 4 nitrogen and oxygen atoms in total. The molecule has 5 heteroatoms. The molecule has 0 aliphatic heterocycles. The predicted octanol–water partition coefficient (Wildman–Crippen LogP) is 3.70. The van der Waals surface area contributed by atoms with Gasteiger partial charge in [-0.1, -0.05) is 26.7 Å². The van der Waals surface area contributed by atoms with E-state index in [1.807, 2.05) is 20.8 Å². The van der Waals surface area contributed by atoms with E-state index >= 15 is 0 Å². The lowest BCUT2D eigenvalue weighted by Crippen LogP contribution is -2.46. The van der Waals surface area contributed by atoms with Gasteiger partial charge < -0.3 is 10.1 Å². The zero-order valence-electron chi connectivity index (χ0n) is 12.9. The minimum absolute atomic E-state index is 0.366. The van der Waals surface area contributed by atoms with Gasteiger partial charge in [-0.25, -0.2) is 4.79 Å². The molecule has 0 unspecified atom stereocenters. The van der Waals surface area contributed by atoms with Gasteiger partial charge in [0.2, 0.25) is 0 Å². The van der Waals surface area contributed by atoms with Gasteiger partial charge in [0.25, 0.3) is 0 Å². The normalized spacial score (nSPS) is 11.0. The molecule has 0 saturated heterocycles. The third kappa shape index (κ3) is 8.81. The van der Waals surface area contributed by atoms with Crippen molar-refractivity contribution in [3.63, 3.8) is 0 Å². The lowest BCUT2D eigenvalue weighted by Gasteiger charge is -2.28. The van der Waals surface area contributed by atoms with Crippen molar-refractivity contribution in [2.45, 2.75) is 65.9 Å². The Bertz CT molecular complexity index is 288. The molecule has 1 N–H and O–H groups in total. The Hall–Kier alpha value is -0.840. The number of carbonyl (C=O) groups is 1. The number of rotatable bonds is 6. The molecule has 0 aromatic carbocycles. The molecule has 0 aromatic rings. The molecular formula is C14H28N2O2S. The third-order valence-corrected chi connectivity index (χ3v) is 2.77. The number of ether oxygens (including phenoxy) is 1. The fourth-order valence-corrected chi connectivity index (χ4v) is 1.64. The standard InChI is InChI=1S/C14H28N2O2S/c1-6-8-10-15-12(19)16(11-9-7-2)13(17)18-14(3,4)5/h6-11H2,1-5H3,(H,15,19). The fourth-order valence-electron chi connectivity index (χ4n) is 1.38. The van der Waals surface area contributed by atoms with Crippen molar-refractivity contribution in [2.24, 2.45) is 0 Å². The summed E-state index contributed by atoms with van der Waals surface area (Å²) in [4.78, 5) is 13.6. The smallest absolute Gasteiger partial charge is 0.416 e. The minimum Gasteiger partial charge on any atom is -0.443 e. The summed E-state index contributed by atoms with van der Waals surface area (Å²) in [7, 11) is 0. The number of nitrogens with zero attached hydrogens (tertiary/aromatic N) is 1. The Labute approximate surface area is 122 Å². The summed E-state index contributed by atoms with van der Waals surface area (Å²) in [6.45, 7) is 11.2. The van der Waals surface area contributed by atoms with E-state index in [0.29, 0.717) is 11.7 Å². The van der Waals surface area contributed by atoms with Crippen molar-refractivity contribution >= 4 is 23.4 Å². The highest BCUT2D eigenvalue weighted by molar-refractivity contribution is 7.80. The quantitative estimate of drug-likeness (QED) is 0.598. The summed E-state index contributed by atoms with van der Waals surface area (Å²) in [5, 5.41) is 3.58. The number of hydrogen-bond donors (Lipinski definition) is 1. The second-order valence-corrected chi connectivity index (χ2v) is 5.96. The summed E-state index contributed by atoms with van der Waals surface area (Å²) in [6, 6.07) is 0. The van der Waals surface area contributed by atoms with Crippen LogP contribution in [0.5, 0.6) is 0 Å². The van der Waals surface area contributed by atoms with Crippen molar-refractivity contribution in [1.29, 1.82) is 0 Å². The van der Waals surface area contributed by atoms with Crippen LogP contribution in [0.1, 0.15) is 60.3 Å². The van der Waals surface area contributed by atoms with Crippen LogP contribution in [0.2, 0.25) is 0 Å². The molecule has 0 aliphatic rings. The van der Waals surface area contributed by atoms with Gasteiger partial charge in [-0.05, 0) is 45.8 Å². The highest BCUT2D eigenvalue weighted by Gasteiger charge is 2.24. The summed E-state index contributed by atoms with van der Waals surface area (Å²) < 4.78 is 5.38. The zero-order chi connectivity index (χ0) is 14.9. The fraction of sp³-hybridized carbons (Fsp3) is 0.857. The van der Waals surface area contributed by atoms with Crippen LogP contribution in [0, 0.1) is 0 Å². The molecule has 0 bridgehead atoms. The molecule has 112 valence electrons. The van der Waals surface area contributed by atoms with Crippen molar-refractivity contribution < 1.29 is 9.53 Å². The maximum absolute atomic E-state index is 12.1. The maximum Gasteiger partial charge on any atom is 0.416 e. The average molecular weight is 288 g/mol. The number of thiocarbonyl (C=S) groups is 1. The Balaban J connectivity index is 4.51. The Morgan fingerprint density at radius 3 is 2.26 bits per heavy atom. The van der Waals surface area contributed by atoms with E-state index in [0.717, 1.165) is 32.2 Å². The molecule has 19 heavy (non-hydrogen) atoms.